The molecule has 0 radical (unpaired) electrons. The van der Waals surface area contributed by atoms with Crippen molar-refractivity contribution in [2.24, 2.45) is 5.41 Å². The molecule has 3 nitrogen and oxygen atoms in total. The minimum Gasteiger partial charge on any atom is -0.466 e. The van der Waals surface area contributed by atoms with Gasteiger partial charge in [-0.2, -0.15) is 0 Å². The first-order valence-corrected chi connectivity index (χ1v) is 7.07. The third kappa shape index (κ3) is 3.35. The summed E-state index contributed by atoms with van der Waals surface area (Å²) in [6.07, 6.45) is 5.79. The second-order valence-corrected chi connectivity index (χ2v) is 4.95. The number of esters is 1. The van der Waals surface area contributed by atoms with Crippen LogP contribution in [0.4, 0.5) is 0 Å². The Balaban J connectivity index is 2.79. The molecule has 0 heterocycles. The zero-order valence-electron chi connectivity index (χ0n) is 12.1. The predicted octanol–water partition coefficient (Wildman–Crippen LogP) is 3.48. The third-order valence-corrected chi connectivity index (χ3v) is 3.90. The van der Waals surface area contributed by atoms with E-state index >= 15 is 0 Å². The maximum atomic E-state index is 12.2. The van der Waals surface area contributed by atoms with E-state index in [2.05, 4.69) is 19.9 Å². The summed E-state index contributed by atoms with van der Waals surface area (Å²) in [5.41, 5.74) is 0.920. The summed E-state index contributed by atoms with van der Waals surface area (Å²) in [6, 6.07) is 0. The van der Waals surface area contributed by atoms with E-state index in [0.29, 0.717) is 13.2 Å². The number of ether oxygens (including phenoxy) is 2. The first kappa shape index (κ1) is 15.2. The molecule has 104 valence electrons. The molecule has 0 amide bonds. The highest BCUT2D eigenvalue weighted by Gasteiger charge is 2.40. The first-order valence-electron chi connectivity index (χ1n) is 7.07. The summed E-state index contributed by atoms with van der Waals surface area (Å²) in [6.45, 7) is 9.16. The van der Waals surface area contributed by atoms with Crippen LogP contribution in [0.2, 0.25) is 0 Å². The summed E-state index contributed by atoms with van der Waals surface area (Å²) in [5.74, 6) is -0.0400. The minimum absolute atomic E-state index is 0.0400. The molecule has 0 bridgehead atoms. The molecule has 2 atom stereocenters. The zero-order chi connectivity index (χ0) is 13.6. The summed E-state index contributed by atoms with van der Waals surface area (Å²) < 4.78 is 10.9. The van der Waals surface area contributed by atoms with Crippen molar-refractivity contribution >= 4 is 5.97 Å². The third-order valence-electron chi connectivity index (χ3n) is 3.90. The van der Waals surface area contributed by atoms with Crippen molar-refractivity contribution < 1.29 is 14.3 Å². The quantitative estimate of drug-likeness (QED) is 0.537. The smallest absolute Gasteiger partial charge is 0.312 e. The van der Waals surface area contributed by atoms with Gasteiger partial charge in [0, 0.05) is 6.61 Å². The Morgan fingerprint density at radius 3 is 2.67 bits per heavy atom. The van der Waals surface area contributed by atoms with Gasteiger partial charge in [0.05, 0.1) is 18.1 Å². The van der Waals surface area contributed by atoms with Gasteiger partial charge in [0.2, 0.25) is 0 Å². The molecule has 2 unspecified atom stereocenters. The van der Waals surface area contributed by atoms with Crippen molar-refractivity contribution in [3.8, 4) is 0 Å². The van der Waals surface area contributed by atoms with Crippen LogP contribution in [0.15, 0.2) is 11.6 Å². The van der Waals surface area contributed by atoms with Crippen LogP contribution in [0.25, 0.3) is 0 Å². The van der Waals surface area contributed by atoms with Crippen LogP contribution in [0.5, 0.6) is 0 Å². The molecule has 0 spiro atoms. The standard InChI is InChI=1S/C15H26O3/c1-5-15(14(16)18-7-3)10-8-9-13(11-15)12(4)17-6-2/h9,12H,5-8,10-11H2,1-4H3. The minimum atomic E-state index is -0.328. The van der Waals surface area contributed by atoms with Gasteiger partial charge in [-0.15, -0.1) is 0 Å². The van der Waals surface area contributed by atoms with Crippen LogP contribution < -0.4 is 0 Å². The van der Waals surface area contributed by atoms with E-state index in [0.717, 1.165) is 25.7 Å². The largest absolute Gasteiger partial charge is 0.466 e. The summed E-state index contributed by atoms with van der Waals surface area (Å²) in [4.78, 5) is 12.2. The van der Waals surface area contributed by atoms with Gasteiger partial charge in [-0.05, 0) is 52.0 Å². The Kier molecular flexibility index (Phi) is 5.86. The van der Waals surface area contributed by atoms with Crippen molar-refractivity contribution in [1.82, 2.24) is 0 Å². The van der Waals surface area contributed by atoms with Crippen LogP contribution in [0.1, 0.15) is 53.4 Å². The molecule has 1 rings (SSSR count). The van der Waals surface area contributed by atoms with Gasteiger partial charge < -0.3 is 9.47 Å². The SMILES string of the molecule is CCOC(=O)C1(CC)CCC=C(C(C)OCC)C1. The van der Waals surface area contributed by atoms with Crippen molar-refractivity contribution in [2.75, 3.05) is 13.2 Å². The molecule has 0 fully saturated rings. The van der Waals surface area contributed by atoms with Gasteiger partial charge >= 0.3 is 5.97 Å². The number of rotatable bonds is 6. The molecule has 0 saturated heterocycles. The van der Waals surface area contributed by atoms with E-state index in [9.17, 15) is 4.79 Å². The Bertz CT molecular complexity index is 309. The van der Waals surface area contributed by atoms with Gasteiger partial charge in [0.1, 0.15) is 0 Å². The highest BCUT2D eigenvalue weighted by atomic mass is 16.5. The lowest BCUT2D eigenvalue weighted by molar-refractivity contribution is -0.156. The van der Waals surface area contributed by atoms with E-state index in [1.165, 1.54) is 5.57 Å². The van der Waals surface area contributed by atoms with Gasteiger partial charge in [0.25, 0.3) is 0 Å². The molecule has 0 aliphatic heterocycles. The lowest BCUT2D eigenvalue weighted by atomic mass is 9.71. The van der Waals surface area contributed by atoms with E-state index in [1.807, 2.05) is 13.8 Å². The van der Waals surface area contributed by atoms with E-state index in [1.54, 1.807) is 0 Å². The molecular formula is C15H26O3. The second-order valence-electron chi connectivity index (χ2n) is 4.95. The first-order chi connectivity index (χ1) is 8.59. The second kappa shape index (κ2) is 6.93. The van der Waals surface area contributed by atoms with Crippen molar-refractivity contribution in [3.63, 3.8) is 0 Å². The maximum absolute atomic E-state index is 12.2. The van der Waals surface area contributed by atoms with Crippen LogP contribution in [-0.2, 0) is 14.3 Å². The zero-order valence-corrected chi connectivity index (χ0v) is 12.1. The lowest BCUT2D eigenvalue weighted by Gasteiger charge is -2.35. The number of hydrogen-bond donors (Lipinski definition) is 0. The highest BCUT2D eigenvalue weighted by molar-refractivity contribution is 5.77. The summed E-state index contributed by atoms with van der Waals surface area (Å²) in [7, 11) is 0. The average Bonchev–Trinajstić information content (AvgIpc) is 2.39. The Morgan fingerprint density at radius 1 is 1.39 bits per heavy atom. The molecule has 0 saturated carbocycles. The highest BCUT2D eigenvalue weighted by Crippen LogP contribution is 2.41. The monoisotopic (exact) mass is 254 g/mol. The molecule has 0 aromatic rings. The fourth-order valence-electron chi connectivity index (χ4n) is 2.66. The van der Waals surface area contributed by atoms with Gasteiger partial charge in [-0.3, -0.25) is 4.79 Å². The molecule has 0 aromatic carbocycles. The normalized spacial score (nSPS) is 25.4. The Hall–Kier alpha value is -0.830. The van der Waals surface area contributed by atoms with Crippen molar-refractivity contribution in [1.29, 1.82) is 0 Å². The number of hydrogen-bond acceptors (Lipinski definition) is 3. The molecule has 1 aliphatic carbocycles. The fourth-order valence-corrected chi connectivity index (χ4v) is 2.66. The van der Waals surface area contributed by atoms with E-state index in [-0.39, 0.29) is 17.5 Å². The molecular weight excluding hydrogens is 228 g/mol. The number of allylic oxidation sites excluding steroid dienone is 1. The van der Waals surface area contributed by atoms with Crippen LogP contribution >= 0.6 is 0 Å². The van der Waals surface area contributed by atoms with Crippen molar-refractivity contribution in [3.05, 3.63) is 11.6 Å². The van der Waals surface area contributed by atoms with Crippen LogP contribution in [-0.4, -0.2) is 25.3 Å². The lowest BCUT2D eigenvalue weighted by Crippen LogP contribution is -2.36. The van der Waals surface area contributed by atoms with E-state index in [4.69, 9.17) is 9.47 Å². The Labute approximate surface area is 111 Å². The van der Waals surface area contributed by atoms with Crippen LogP contribution in [0.3, 0.4) is 0 Å². The maximum Gasteiger partial charge on any atom is 0.312 e. The number of carbonyl (C=O) groups excluding carboxylic acids is 1. The molecule has 18 heavy (non-hydrogen) atoms. The molecule has 1 aliphatic rings. The fraction of sp³-hybridized carbons (Fsp3) is 0.800. The van der Waals surface area contributed by atoms with E-state index < -0.39 is 0 Å². The Morgan fingerprint density at radius 2 is 2.11 bits per heavy atom. The number of carbonyl (C=O) groups is 1. The van der Waals surface area contributed by atoms with Crippen molar-refractivity contribution in [2.45, 2.75) is 59.5 Å². The van der Waals surface area contributed by atoms with Gasteiger partial charge in [-0.25, -0.2) is 0 Å². The van der Waals surface area contributed by atoms with Gasteiger partial charge in [-0.1, -0.05) is 13.0 Å². The topological polar surface area (TPSA) is 35.5 Å². The van der Waals surface area contributed by atoms with Gasteiger partial charge in [0.15, 0.2) is 0 Å². The predicted molar refractivity (Wildman–Crippen MR) is 72.4 cm³/mol. The average molecular weight is 254 g/mol. The summed E-state index contributed by atoms with van der Waals surface area (Å²) >= 11 is 0. The molecule has 3 heteroatoms. The molecule has 0 aromatic heterocycles. The summed E-state index contributed by atoms with van der Waals surface area (Å²) in [5, 5.41) is 0. The molecule has 0 N–H and O–H groups in total. The van der Waals surface area contributed by atoms with Crippen LogP contribution in [0, 0.1) is 5.41 Å².